The average Bonchev–Trinajstić information content (AvgIpc) is 2.23. The van der Waals surface area contributed by atoms with Gasteiger partial charge in [0.15, 0.2) is 0 Å². The van der Waals surface area contributed by atoms with Crippen molar-refractivity contribution in [3.63, 3.8) is 0 Å². The van der Waals surface area contributed by atoms with E-state index in [2.05, 4.69) is 6.92 Å². The standard InChI is InChI=1S/C13H17ClOS/c1-10-13(15,6-3-7-16-10)9-11-4-2-5-12(14)8-11/h2,4-5,8,10,15H,3,6-7,9H2,1H3. The second kappa shape index (κ2) is 4.99. The lowest BCUT2D eigenvalue weighted by Crippen LogP contribution is -2.43. The van der Waals surface area contributed by atoms with Crippen LogP contribution in [0.5, 0.6) is 0 Å². The highest BCUT2D eigenvalue weighted by Crippen LogP contribution is 2.36. The summed E-state index contributed by atoms with van der Waals surface area (Å²) < 4.78 is 0. The van der Waals surface area contributed by atoms with Crippen molar-refractivity contribution in [2.24, 2.45) is 0 Å². The van der Waals surface area contributed by atoms with Crippen molar-refractivity contribution < 1.29 is 5.11 Å². The van der Waals surface area contributed by atoms with Gasteiger partial charge in [-0.25, -0.2) is 0 Å². The summed E-state index contributed by atoms with van der Waals surface area (Å²) in [4.78, 5) is 0. The van der Waals surface area contributed by atoms with Crippen LogP contribution in [0.25, 0.3) is 0 Å². The molecule has 0 radical (unpaired) electrons. The van der Waals surface area contributed by atoms with Crippen LogP contribution in [0.1, 0.15) is 25.3 Å². The minimum atomic E-state index is -0.562. The van der Waals surface area contributed by atoms with Crippen molar-refractivity contribution in [3.8, 4) is 0 Å². The molecule has 1 aliphatic heterocycles. The molecule has 1 saturated heterocycles. The van der Waals surface area contributed by atoms with Crippen LogP contribution in [-0.2, 0) is 6.42 Å². The zero-order valence-corrected chi connectivity index (χ0v) is 11.0. The topological polar surface area (TPSA) is 20.2 Å². The smallest absolute Gasteiger partial charge is 0.0803 e. The van der Waals surface area contributed by atoms with Crippen LogP contribution in [0.4, 0.5) is 0 Å². The summed E-state index contributed by atoms with van der Waals surface area (Å²) >= 11 is 7.82. The minimum Gasteiger partial charge on any atom is -0.388 e. The van der Waals surface area contributed by atoms with E-state index in [4.69, 9.17) is 11.6 Å². The van der Waals surface area contributed by atoms with Gasteiger partial charge in [-0.15, -0.1) is 0 Å². The highest BCUT2D eigenvalue weighted by atomic mass is 35.5. The predicted octanol–water partition coefficient (Wildman–Crippen LogP) is 3.53. The average molecular weight is 257 g/mol. The van der Waals surface area contributed by atoms with Crippen molar-refractivity contribution in [1.29, 1.82) is 0 Å². The Hall–Kier alpha value is -0.180. The molecule has 1 aliphatic rings. The van der Waals surface area contributed by atoms with E-state index >= 15 is 0 Å². The molecule has 0 aromatic heterocycles. The zero-order valence-electron chi connectivity index (χ0n) is 9.45. The van der Waals surface area contributed by atoms with Crippen LogP contribution in [0.2, 0.25) is 5.02 Å². The third-order valence-electron chi connectivity index (χ3n) is 3.28. The van der Waals surface area contributed by atoms with Gasteiger partial charge in [-0.1, -0.05) is 30.7 Å². The number of thioether (sulfide) groups is 1. The van der Waals surface area contributed by atoms with Crippen molar-refractivity contribution in [1.82, 2.24) is 0 Å². The van der Waals surface area contributed by atoms with Crippen molar-refractivity contribution >= 4 is 23.4 Å². The van der Waals surface area contributed by atoms with Crippen LogP contribution in [0.15, 0.2) is 24.3 Å². The van der Waals surface area contributed by atoms with E-state index in [0.29, 0.717) is 11.7 Å². The Morgan fingerprint density at radius 3 is 3.06 bits per heavy atom. The van der Waals surface area contributed by atoms with Crippen LogP contribution in [0, 0.1) is 0 Å². The Kier molecular flexibility index (Phi) is 3.83. The molecule has 16 heavy (non-hydrogen) atoms. The third-order valence-corrected chi connectivity index (χ3v) is 4.98. The monoisotopic (exact) mass is 256 g/mol. The lowest BCUT2D eigenvalue weighted by atomic mass is 9.87. The lowest BCUT2D eigenvalue weighted by Gasteiger charge is -2.37. The molecule has 1 nitrogen and oxygen atoms in total. The summed E-state index contributed by atoms with van der Waals surface area (Å²) in [6, 6.07) is 7.80. The van der Waals surface area contributed by atoms with Crippen molar-refractivity contribution in [2.45, 2.75) is 37.0 Å². The molecule has 0 saturated carbocycles. The van der Waals surface area contributed by atoms with Gasteiger partial charge >= 0.3 is 0 Å². The van der Waals surface area contributed by atoms with Gasteiger partial charge in [0.25, 0.3) is 0 Å². The zero-order chi connectivity index (χ0) is 11.6. The van der Waals surface area contributed by atoms with Crippen molar-refractivity contribution in [3.05, 3.63) is 34.9 Å². The molecule has 2 atom stereocenters. The van der Waals surface area contributed by atoms with Crippen LogP contribution >= 0.6 is 23.4 Å². The first kappa shape index (κ1) is 12.3. The molecule has 1 aromatic rings. The maximum atomic E-state index is 10.6. The van der Waals surface area contributed by atoms with Crippen LogP contribution < -0.4 is 0 Å². The van der Waals surface area contributed by atoms with Gasteiger partial charge in [-0.3, -0.25) is 0 Å². The first-order valence-electron chi connectivity index (χ1n) is 5.69. The second-order valence-corrected chi connectivity index (χ2v) is 6.41. The first-order chi connectivity index (χ1) is 7.60. The van der Waals surface area contributed by atoms with Gasteiger partial charge in [-0.05, 0) is 36.3 Å². The predicted molar refractivity (Wildman–Crippen MR) is 71.3 cm³/mol. The molecule has 1 N–H and O–H groups in total. The number of hydrogen-bond donors (Lipinski definition) is 1. The third kappa shape index (κ3) is 2.73. The molecule has 1 aromatic carbocycles. The Labute approximate surface area is 106 Å². The molecule has 2 rings (SSSR count). The van der Waals surface area contributed by atoms with Crippen LogP contribution in [0.3, 0.4) is 0 Å². The fourth-order valence-electron chi connectivity index (χ4n) is 2.23. The molecule has 3 heteroatoms. The van der Waals surface area contributed by atoms with E-state index in [0.717, 1.165) is 23.4 Å². The van der Waals surface area contributed by atoms with Gasteiger partial charge < -0.3 is 5.11 Å². The van der Waals surface area contributed by atoms with E-state index in [-0.39, 0.29) is 0 Å². The molecular weight excluding hydrogens is 240 g/mol. The number of halogens is 1. The Bertz CT molecular complexity index is 369. The van der Waals surface area contributed by atoms with E-state index in [1.165, 1.54) is 5.75 Å². The molecule has 88 valence electrons. The summed E-state index contributed by atoms with van der Waals surface area (Å²) in [6.07, 6.45) is 2.71. The molecule has 0 spiro atoms. The summed E-state index contributed by atoms with van der Waals surface area (Å²) in [5.41, 5.74) is 0.567. The molecule has 1 heterocycles. The molecule has 0 amide bonds. The fourth-order valence-corrected chi connectivity index (χ4v) is 3.62. The number of aliphatic hydroxyl groups is 1. The Morgan fingerprint density at radius 1 is 1.56 bits per heavy atom. The van der Waals surface area contributed by atoms with Gasteiger partial charge in [0.05, 0.1) is 5.60 Å². The van der Waals surface area contributed by atoms with Gasteiger partial charge in [0, 0.05) is 16.7 Å². The summed E-state index contributed by atoms with van der Waals surface area (Å²) in [6.45, 7) is 2.12. The number of benzene rings is 1. The maximum Gasteiger partial charge on any atom is 0.0803 e. The highest BCUT2D eigenvalue weighted by Gasteiger charge is 2.36. The summed E-state index contributed by atoms with van der Waals surface area (Å²) in [5.74, 6) is 1.17. The Balaban J connectivity index is 2.13. The maximum absolute atomic E-state index is 10.6. The van der Waals surface area contributed by atoms with Gasteiger partial charge in [-0.2, -0.15) is 11.8 Å². The Morgan fingerprint density at radius 2 is 2.38 bits per heavy atom. The largest absolute Gasteiger partial charge is 0.388 e. The quantitative estimate of drug-likeness (QED) is 0.874. The van der Waals surface area contributed by atoms with Gasteiger partial charge in [0.1, 0.15) is 0 Å². The lowest BCUT2D eigenvalue weighted by molar-refractivity contribution is 0.0298. The second-order valence-electron chi connectivity index (χ2n) is 4.53. The molecular formula is C13H17ClOS. The molecule has 0 aliphatic carbocycles. The van der Waals surface area contributed by atoms with E-state index < -0.39 is 5.60 Å². The normalized spacial score (nSPS) is 30.3. The van der Waals surface area contributed by atoms with Gasteiger partial charge in [0.2, 0.25) is 0 Å². The summed E-state index contributed by atoms with van der Waals surface area (Å²) in [7, 11) is 0. The van der Waals surface area contributed by atoms with E-state index in [1.807, 2.05) is 36.0 Å². The molecule has 0 bridgehead atoms. The highest BCUT2D eigenvalue weighted by molar-refractivity contribution is 8.00. The molecule has 2 unspecified atom stereocenters. The van der Waals surface area contributed by atoms with E-state index in [1.54, 1.807) is 0 Å². The van der Waals surface area contributed by atoms with Crippen molar-refractivity contribution in [2.75, 3.05) is 5.75 Å². The minimum absolute atomic E-state index is 0.306. The molecule has 1 fully saturated rings. The van der Waals surface area contributed by atoms with Crippen LogP contribution in [-0.4, -0.2) is 21.7 Å². The number of rotatable bonds is 2. The SMILES string of the molecule is CC1SCCCC1(O)Cc1cccc(Cl)c1. The first-order valence-corrected chi connectivity index (χ1v) is 7.11. The van der Waals surface area contributed by atoms with E-state index in [9.17, 15) is 5.11 Å². The summed E-state index contributed by atoms with van der Waals surface area (Å²) in [5, 5.41) is 11.7. The fraction of sp³-hybridized carbons (Fsp3) is 0.538. The number of hydrogen-bond acceptors (Lipinski definition) is 2.